The van der Waals surface area contributed by atoms with E-state index in [-0.39, 0.29) is 11.3 Å². The topological polar surface area (TPSA) is 79.3 Å². The lowest BCUT2D eigenvalue weighted by atomic mass is 9.95. The Kier molecular flexibility index (Phi) is 7.11. The van der Waals surface area contributed by atoms with Gasteiger partial charge in [-0.05, 0) is 42.7 Å². The molecule has 0 radical (unpaired) electrons. The zero-order valence-corrected chi connectivity index (χ0v) is 19.1. The molecule has 0 saturated carbocycles. The molecule has 7 heteroatoms. The number of carbonyl (C=O) groups is 2. The number of amides is 1. The molecule has 0 aliphatic carbocycles. The maximum atomic E-state index is 13.1. The molecule has 2 aromatic rings. The van der Waals surface area contributed by atoms with Gasteiger partial charge in [-0.3, -0.25) is 14.5 Å². The Bertz CT molecular complexity index is 1040. The maximum Gasteiger partial charge on any atom is 0.295 e. The van der Waals surface area contributed by atoms with Gasteiger partial charge < -0.3 is 19.5 Å². The highest BCUT2D eigenvalue weighted by atomic mass is 16.5. The van der Waals surface area contributed by atoms with E-state index in [2.05, 4.69) is 4.90 Å². The molecule has 2 aromatic carbocycles. The van der Waals surface area contributed by atoms with Gasteiger partial charge >= 0.3 is 0 Å². The third-order valence-corrected chi connectivity index (χ3v) is 6.30. The van der Waals surface area contributed by atoms with E-state index in [1.54, 1.807) is 30.2 Å². The third kappa shape index (κ3) is 4.79. The molecule has 0 spiro atoms. The summed E-state index contributed by atoms with van der Waals surface area (Å²) in [4.78, 5) is 30.1. The number of aryl methyl sites for hydroxylation is 1. The van der Waals surface area contributed by atoms with Gasteiger partial charge in [0, 0.05) is 31.7 Å². The summed E-state index contributed by atoms with van der Waals surface area (Å²) in [5.41, 5.74) is 2.25. The van der Waals surface area contributed by atoms with Crippen LogP contribution in [0.4, 0.5) is 0 Å². The van der Waals surface area contributed by atoms with Crippen molar-refractivity contribution in [1.29, 1.82) is 0 Å². The van der Waals surface area contributed by atoms with Gasteiger partial charge in [-0.1, -0.05) is 30.3 Å². The number of benzene rings is 2. The van der Waals surface area contributed by atoms with Gasteiger partial charge in [0.2, 0.25) is 0 Å². The van der Waals surface area contributed by atoms with Crippen molar-refractivity contribution >= 4 is 17.4 Å². The van der Waals surface area contributed by atoms with E-state index >= 15 is 0 Å². The molecular weight excluding hydrogens is 420 g/mol. The highest BCUT2D eigenvalue weighted by Gasteiger charge is 2.45. The van der Waals surface area contributed by atoms with Gasteiger partial charge in [-0.15, -0.1) is 0 Å². The van der Waals surface area contributed by atoms with Crippen molar-refractivity contribution in [2.45, 2.75) is 19.4 Å². The number of Topliss-reactive ketones (excluding diaryl/α,β-unsaturated/α-hetero) is 1. The lowest BCUT2D eigenvalue weighted by Crippen LogP contribution is -2.38. The predicted molar refractivity (Wildman–Crippen MR) is 125 cm³/mol. The number of rotatable bonds is 7. The first-order valence-electron chi connectivity index (χ1n) is 11.3. The molecule has 4 rings (SSSR count). The number of hydrogen-bond donors (Lipinski definition) is 1. The molecule has 2 saturated heterocycles. The number of ketones is 1. The van der Waals surface area contributed by atoms with E-state index in [9.17, 15) is 14.7 Å². The van der Waals surface area contributed by atoms with Crippen molar-refractivity contribution in [3.8, 4) is 5.75 Å². The Hall–Kier alpha value is -3.16. The quantitative estimate of drug-likeness (QED) is 0.397. The van der Waals surface area contributed by atoms with Gasteiger partial charge in [0.05, 0.1) is 31.9 Å². The monoisotopic (exact) mass is 450 g/mol. The normalized spacial score (nSPS) is 20.9. The number of morpholine rings is 1. The first-order chi connectivity index (χ1) is 16.0. The summed E-state index contributed by atoms with van der Waals surface area (Å²) in [5, 5.41) is 11.2. The molecule has 1 N–H and O–H groups in total. The molecular formula is C26H30N2O5. The van der Waals surface area contributed by atoms with Crippen LogP contribution in [0.5, 0.6) is 5.75 Å². The van der Waals surface area contributed by atoms with Crippen molar-refractivity contribution in [2.24, 2.45) is 0 Å². The van der Waals surface area contributed by atoms with Gasteiger partial charge in [0.1, 0.15) is 11.5 Å². The molecule has 1 amide bonds. The summed E-state index contributed by atoms with van der Waals surface area (Å²) < 4.78 is 10.7. The number of methoxy groups -OCH3 is 1. The van der Waals surface area contributed by atoms with Crippen LogP contribution in [0.2, 0.25) is 0 Å². The van der Waals surface area contributed by atoms with Gasteiger partial charge in [0.25, 0.3) is 11.7 Å². The van der Waals surface area contributed by atoms with Crippen LogP contribution in [0.15, 0.2) is 54.1 Å². The number of aliphatic hydroxyl groups is 1. The number of aliphatic hydroxyl groups excluding tert-OH is 1. The first kappa shape index (κ1) is 23.0. The zero-order chi connectivity index (χ0) is 23.4. The summed E-state index contributed by atoms with van der Waals surface area (Å²) in [5.74, 6) is -0.697. The van der Waals surface area contributed by atoms with Crippen LogP contribution in [0.3, 0.4) is 0 Å². The van der Waals surface area contributed by atoms with Crippen LogP contribution in [0.1, 0.15) is 29.2 Å². The smallest absolute Gasteiger partial charge is 0.295 e. The lowest BCUT2D eigenvalue weighted by molar-refractivity contribution is -0.140. The van der Waals surface area contributed by atoms with Crippen molar-refractivity contribution in [1.82, 2.24) is 9.80 Å². The van der Waals surface area contributed by atoms with E-state index in [1.807, 2.05) is 37.3 Å². The molecule has 0 bridgehead atoms. The largest absolute Gasteiger partial charge is 0.507 e. The van der Waals surface area contributed by atoms with Crippen molar-refractivity contribution in [3.63, 3.8) is 0 Å². The van der Waals surface area contributed by atoms with Crippen LogP contribution in [0.25, 0.3) is 5.76 Å². The Balaban J connectivity index is 1.66. The summed E-state index contributed by atoms with van der Waals surface area (Å²) in [7, 11) is 1.58. The summed E-state index contributed by atoms with van der Waals surface area (Å²) in [6.45, 7) is 6.31. The average molecular weight is 451 g/mol. The highest BCUT2D eigenvalue weighted by molar-refractivity contribution is 6.46. The van der Waals surface area contributed by atoms with E-state index in [0.717, 1.165) is 50.4 Å². The second kappa shape index (κ2) is 10.2. The zero-order valence-electron chi connectivity index (χ0n) is 19.1. The van der Waals surface area contributed by atoms with Crippen molar-refractivity contribution < 1.29 is 24.2 Å². The Morgan fingerprint density at radius 3 is 2.48 bits per heavy atom. The third-order valence-electron chi connectivity index (χ3n) is 6.30. The van der Waals surface area contributed by atoms with Gasteiger partial charge in [-0.25, -0.2) is 0 Å². The minimum Gasteiger partial charge on any atom is -0.507 e. The Labute approximate surface area is 194 Å². The van der Waals surface area contributed by atoms with Crippen molar-refractivity contribution in [3.05, 3.63) is 70.8 Å². The van der Waals surface area contributed by atoms with E-state index in [1.165, 1.54) is 0 Å². The molecule has 1 atom stereocenters. The van der Waals surface area contributed by atoms with Crippen molar-refractivity contribution in [2.75, 3.05) is 46.5 Å². The number of likely N-dealkylation sites (tertiary alicyclic amines) is 1. The fourth-order valence-corrected chi connectivity index (χ4v) is 4.56. The Morgan fingerprint density at radius 1 is 1.09 bits per heavy atom. The van der Waals surface area contributed by atoms with Gasteiger partial charge in [0.15, 0.2) is 0 Å². The second-order valence-electron chi connectivity index (χ2n) is 8.40. The van der Waals surface area contributed by atoms with E-state index < -0.39 is 17.7 Å². The molecule has 0 aromatic heterocycles. The molecule has 2 fully saturated rings. The molecule has 2 heterocycles. The lowest BCUT2D eigenvalue weighted by Gasteiger charge is -2.29. The summed E-state index contributed by atoms with van der Waals surface area (Å²) in [6.07, 6.45) is 0.734. The molecule has 1 unspecified atom stereocenters. The average Bonchev–Trinajstić information content (AvgIpc) is 3.10. The molecule has 33 heavy (non-hydrogen) atoms. The van der Waals surface area contributed by atoms with Crippen LogP contribution >= 0.6 is 0 Å². The standard InChI is InChI=1S/C26H30N2O5/c1-18-17-20(9-10-21(18)32-2)24(29)22-23(19-7-4-3-5-8-19)28(26(31)25(22)30)12-6-11-27-13-15-33-16-14-27/h3-5,7-10,17,23,29H,6,11-16H2,1-2H3/b24-22+. The van der Waals surface area contributed by atoms with E-state index in [4.69, 9.17) is 9.47 Å². The first-order valence-corrected chi connectivity index (χ1v) is 11.3. The van der Waals surface area contributed by atoms with Crippen LogP contribution in [0, 0.1) is 6.92 Å². The number of ether oxygens (including phenoxy) is 2. The van der Waals surface area contributed by atoms with Gasteiger partial charge in [-0.2, -0.15) is 0 Å². The SMILES string of the molecule is COc1ccc(/C(O)=C2\C(=O)C(=O)N(CCCN3CCOCC3)C2c2ccccc2)cc1C. The Morgan fingerprint density at radius 2 is 1.82 bits per heavy atom. The number of nitrogens with zero attached hydrogens (tertiary/aromatic N) is 2. The predicted octanol–water partition coefficient (Wildman–Crippen LogP) is 3.15. The summed E-state index contributed by atoms with van der Waals surface area (Å²) >= 11 is 0. The highest BCUT2D eigenvalue weighted by Crippen LogP contribution is 2.39. The fourth-order valence-electron chi connectivity index (χ4n) is 4.56. The van der Waals surface area contributed by atoms with Crippen LogP contribution in [-0.2, 0) is 14.3 Å². The number of hydrogen-bond acceptors (Lipinski definition) is 6. The number of carbonyl (C=O) groups excluding carboxylic acids is 2. The molecule has 174 valence electrons. The molecule has 2 aliphatic heterocycles. The minimum absolute atomic E-state index is 0.127. The van der Waals surface area contributed by atoms with Crippen LogP contribution < -0.4 is 4.74 Å². The molecule has 7 nitrogen and oxygen atoms in total. The molecule has 2 aliphatic rings. The minimum atomic E-state index is -0.652. The maximum absolute atomic E-state index is 13.1. The fraction of sp³-hybridized carbons (Fsp3) is 0.385. The summed E-state index contributed by atoms with van der Waals surface area (Å²) in [6, 6.07) is 14.0. The van der Waals surface area contributed by atoms with E-state index in [0.29, 0.717) is 17.9 Å². The van der Waals surface area contributed by atoms with Crippen LogP contribution in [-0.4, -0.2) is 73.1 Å². The second-order valence-corrected chi connectivity index (χ2v) is 8.40.